The molecule has 1 aromatic heterocycles. The molecule has 0 aliphatic carbocycles. The van der Waals surface area contributed by atoms with E-state index in [-0.39, 0.29) is 24.0 Å². The van der Waals surface area contributed by atoms with E-state index in [1.54, 1.807) is 23.8 Å². The van der Waals surface area contributed by atoms with E-state index in [9.17, 15) is 22.8 Å². The molecule has 13 heteroatoms. The number of carbonyl (C=O) groups excluding carboxylic acids is 1. The molecular weight excluding hydrogens is 443 g/mol. The molecule has 0 radical (unpaired) electrons. The molecule has 3 rings (SSSR count). The Morgan fingerprint density at radius 1 is 1.27 bits per heavy atom. The number of hydroxylamine groups is 1. The lowest BCUT2D eigenvalue weighted by Gasteiger charge is -2.40. The van der Waals surface area contributed by atoms with E-state index >= 15 is 0 Å². The molecule has 10 nitrogen and oxygen atoms in total. The van der Waals surface area contributed by atoms with Crippen molar-refractivity contribution >= 4 is 23.4 Å². The van der Waals surface area contributed by atoms with Gasteiger partial charge in [-0.2, -0.15) is 18.2 Å². The summed E-state index contributed by atoms with van der Waals surface area (Å²) >= 11 is 0. The maximum Gasteiger partial charge on any atom is 0.493 e. The highest BCUT2D eigenvalue weighted by Crippen LogP contribution is 2.39. The van der Waals surface area contributed by atoms with Crippen molar-refractivity contribution in [3.8, 4) is 11.8 Å². The van der Waals surface area contributed by atoms with Crippen molar-refractivity contribution in [3.05, 3.63) is 10.4 Å². The van der Waals surface area contributed by atoms with Crippen molar-refractivity contribution in [3.63, 3.8) is 0 Å². The summed E-state index contributed by atoms with van der Waals surface area (Å²) in [6.07, 6.45) is -6.21. The van der Waals surface area contributed by atoms with Crippen molar-refractivity contribution < 1.29 is 22.8 Å². The molecule has 1 unspecified atom stereocenters. The van der Waals surface area contributed by atoms with Gasteiger partial charge in [0.25, 0.3) is 5.56 Å². The Bertz CT molecular complexity index is 992. The van der Waals surface area contributed by atoms with Gasteiger partial charge in [-0.3, -0.25) is 14.3 Å². The monoisotopic (exact) mass is 471 g/mol. The van der Waals surface area contributed by atoms with Crippen LogP contribution in [0.25, 0.3) is 0 Å². The van der Waals surface area contributed by atoms with Crippen LogP contribution in [0.15, 0.2) is 4.79 Å². The Morgan fingerprint density at radius 3 is 2.45 bits per heavy atom. The predicted molar refractivity (Wildman–Crippen MR) is 117 cm³/mol. The number of hydrogen-bond donors (Lipinski definition) is 1. The van der Waals surface area contributed by atoms with Crippen LogP contribution in [0.2, 0.25) is 0 Å². The first-order chi connectivity index (χ1) is 15.6. The standard InChI is InChI=1S/C20H28F3N7O3/c1-5-8-11-29-14-15(25-18(26(4)16(14)31)27(6-2)7-3)30(33-17(32)20(21,22)23)19(29)28-12-9-24-10-13-28/h19,24H,6-7,9-13H2,1-4H3. The van der Waals surface area contributed by atoms with E-state index in [0.29, 0.717) is 39.3 Å². The van der Waals surface area contributed by atoms with Gasteiger partial charge in [-0.25, -0.2) is 4.79 Å². The van der Waals surface area contributed by atoms with Crippen LogP contribution in [-0.4, -0.2) is 78.7 Å². The van der Waals surface area contributed by atoms with E-state index in [1.807, 2.05) is 18.7 Å². The lowest BCUT2D eigenvalue weighted by atomic mass is 10.3. The van der Waals surface area contributed by atoms with Crippen LogP contribution in [0.4, 0.5) is 30.6 Å². The number of alkyl halides is 3. The number of fused-ring (bicyclic) bond motifs is 1. The molecule has 2 aliphatic heterocycles. The molecule has 182 valence electrons. The maximum atomic E-state index is 13.4. The van der Waals surface area contributed by atoms with Crippen molar-refractivity contribution in [2.24, 2.45) is 7.05 Å². The summed E-state index contributed by atoms with van der Waals surface area (Å²) in [6, 6.07) is 0. The van der Waals surface area contributed by atoms with Gasteiger partial charge in [0.15, 0.2) is 12.0 Å². The Morgan fingerprint density at radius 2 is 1.91 bits per heavy atom. The molecule has 33 heavy (non-hydrogen) atoms. The quantitative estimate of drug-likeness (QED) is 0.596. The molecule has 3 heterocycles. The van der Waals surface area contributed by atoms with Gasteiger partial charge in [0, 0.05) is 46.3 Å². The third kappa shape index (κ3) is 4.72. The van der Waals surface area contributed by atoms with Crippen LogP contribution in [-0.2, 0) is 16.7 Å². The minimum absolute atomic E-state index is 0.0367. The molecule has 0 aromatic carbocycles. The Hall–Kier alpha value is -2.98. The van der Waals surface area contributed by atoms with Crippen molar-refractivity contribution in [2.75, 3.05) is 60.7 Å². The number of nitrogens with zero attached hydrogens (tertiary/aromatic N) is 6. The first-order valence-corrected chi connectivity index (χ1v) is 10.7. The van der Waals surface area contributed by atoms with Crippen molar-refractivity contribution in [1.29, 1.82) is 0 Å². The number of halogens is 3. The van der Waals surface area contributed by atoms with Crippen LogP contribution < -0.4 is 25.7 Å². The lowest BCUT2D eigenvalue weighted by Crippen LogP contribution is -2.61. The second kappa shape index (κ2) is 9.88. The number of rotatable bonds is 6. The zero-order valence-electron chi connectivity index (χ0n) is 19.1. The zero-order valence-corrected chi connectivity index (χ0v) is 19.1. The smallest absolute Gasteiger partial charge is 0.343 e. The Labute approximate surface area is 189 Å². The largest absolute Gasteiger partial charge is 0.493 e. The van der Waals surface area contributed by atoms with Gasteiger partial charge in [0.2, 0.25) is 11.8 Å². The van der Waals surface area contributed by atoms with Gasteiger partial charge in [-0.1, -0.05) is 5.92 Å². The summed E-state index contributed by atoms with van der Waals surface area (Å²) in [6.45, 7) is 8.52. The number of nitrogens with one attached hydrogen (secondary N) is 1. The van der Waals surface area contributed by atoms with Gasteiger partial charge in [0.05, 0.1) is 6.54 Å². The highest BCUT2D eigenvalue weighted by atomic mass is 19.4. The fourth-order valence-corrected chi connectivity index (χ4v) is 3.93. The average Bonchev–Trinajstić information content (AvgIpc) is 3.09. The molecule has 1 N–H and O–H groups in total. The summed E-state index contributed by atoms with van der Waals surface area (Å²) in [5.74, 6) is 3.35. The summed E-state index contributed by atoms with van der Waals surface area (Å²) < 4.78 is 40.8. The minimum atomic E-state index is -5.22. The molecule has 0 bridgehead atoms. The SMILES string of the molecule is CC#CCN1c2c(nc(N(CC)CC)n(C)c2=O)N(OC(=O)C(F)(F)F)C1N1CCNCC1. The molecule has 1 saturated heterocycles. The molecule has 1 fully saturated rings. The molecular formula is C20H28F3N7O3. The highest BCUT2D eigenvalue weighted by Gasteiger charge is 2.50. The summed E-state index contributed by atoms with van der Waals surface area (Å²) in [7, 11) is 1.55. The van der Waals surface area contributed by atoms with E-state index in [1.165, 1.54) is 4.57 Å². The van der Waals surface area contributed by atoms with Crippen LogP contribution in [0.5, 0.6) is 0 Å². The van der Waals surface area contributed by atoms with Gasteiger partial charge >= 0.3 is 12.1 Å². The topological polar surface area (TPSA) is 86.2 Å². The van der Waals surface area contributed by atoms with Crippen molar-refractivity contribution in [2.45, 2.75) is 33.2 Å². The zero-order chi connectivity index (χ0) is 24.3. The molecule has 1 atom stereocenters. The first-order valence-electron chi connectivity index (χ1n) is 10.7. The van der Waals surface area contributed by atoms with Crippen LogP contribution in [0, 0.1) is 11.8 Å². The molecule has 2 aliphatic rings. The van der Waals surface area contributed by atoms with Gasteiger partial charge in [-0.05, 0) is 20.8 Å². The molecule has 0 amide bonds. The maximum absolute atomic E-state index is 13.4. The third-order valence-corrected chi connectivity index (χ3v) is 5.57. The first kappa shape index (κ1) is 24.7. The van der Waals surface area contributed by atoms with E-state index in [4.69, 9.17) is 4.84 Å². The summed E-state index contributed by atoms with van der Waals surface area (Å²) in [5.41, 5.74) is -0.430. The van der Waals surface area contributed by atoms with Gasteiger partial charge in [-0.15, -0.1) is 11.0 Å². The number of aromatic nitrogens is 2. The van der Waals surface area contributed by atoms with E-state index in [2.05, 4.69) is 22.1 Å². The third-order valence-electron chi connectivity index (χ3n) is 5.57. The number of anilines is 3. The van der Waals surface area contributed by atoms with E-state index < -0.39 is 24.0 Å². The second-order valence-corrected chi connectivity index (χ2v) is 7.51. The molecule has 0 saturated carbocycles. The second-order valence-electron chi connectivity index (χ2n) is 7.51. The lowest BCUT2D eigenvalue weighted by molar-refractivity contribution is -0.203. The van der Waals surface area contributed by atoms with Crippen LogP contribution in [0.1, 0.15) is 20.8 Å². The fourth-order valence-electron chi connectivity index (χ4n) is 3.93. The van der Waals surface area contributed by atoms with Gasteiger partial charge < -0.3 is 20.0 Å². The average molecular weight is 471 g/mol. The normalized spacial score (nSPS) is 18.6. The van der Waals surface area contributed by atoms with Gasteiger partial charge in [0.1, 0.15) is 0 Å². The van der Waals surface area contributed by atoms with E-state index in [0.717, 1.165) is 5.06 Å². The fraction of sp³-hybridized carbons (Fsp3) is 0.650. The number of piperazine rings is 1. The minimum Gasteiger partial charge on any atom is -0.343 e. The molecule has 1 aromatic rings. The Kier molecular flexibility index (Phi) is 7.38. The van der Waals surface area contributed by atoms with Crippen molar-refractivity contribution in [1.82, 2.24) is 19.8 Å². The predicted octanol–water partition coefficient (Wildman–Crippen LogP) is 0.486. The molecule has 0 spiro atoms. The highest BCUT2D eigenvalue weighted by molar-refractivity contribution is 5.80. The van der Waals surface area contributed by atoms with Crippen LogP contribution >= 0.6 is 0 Å². The van der Waals surface area contributed by atoms with Crippen LogP contribution in [0.3, 0.4) is 0 Å². The number of carbonyl (C=O) groups is 1. The number of hydrogen-bond acceptors (Lipinski definition) is 9. The summed E-state index contributed by atoms with van der Waals surface area (Å²) in [4.78, 5) is 39.9. The summed E-state index contributed by atoms with van der Waals surface area (Å²) in [5, 5.41) is 3.98. The Balaban J connectivity index is 2.21.